The van der Waals surface area contributed by atoms with Gasteiger partial charge in [0.1, 0.15) is 29.8 Å². The van der Waals surface area contributed by atoms with Crippen molar-refractivity contribution in [2.45, 2.75) is 32.5 Å². The molecule has 0 saturated carbocycles. The van der Waals surface area contributed by atoms with E-state index in [1.807, 2.05) is 19.9 Å². The third-order valence-corrected chi connectivity index (χ3v) is 5.22. The summed E-state index contributed by atoms with van der Waals surface area (Å²) in [5.74, 6) is 0.570. The van der Waals surface area contributed by atoms with Gasteiger partial charge in [-0.2, -0.15) is 4.36 Å². The molecular weight excluding hydrogens is 419 g/mol. The predicted molar refractivity (Wildman–Crippen MR) is 119 cm³/mol. The Kier molecular flexibility index (Phi) is 6.64. The van der Waals surface area contributed by atoms with Gasteiger partial charge >= 0.3 is 0 Å². The Morgan fingerprint density at radius 3 is 2.97 bits per heavy atom. The van der Waals surface area contributed by atoms with Crippen molar-refractivity contribution in [3.63, 3.8) is 0 Å². The van der Waals surface area contributed by atoms with E-state index in [2.05, 4.69) is 19.6 Å². The number of ether oxygens (including phenoxy) is 3. The first-order chi connectivity index (χ1) is 15.0. The standard InChI is InChI=1S/C22H23FN4O3S/c1-13-7-16(27-31)9-19-21(13)22(25-12-24-19)26-18-4-3-15(23)8-20(18)30-14(2)10-29-17-5-6-28-11-17/h3-4,7-9,12,14,17H,5-6,10-11H2,1-2H3,(H,24,25,26). The Balaban J connectivity index is 1.57. The lowest BCUT2D eigenvalue weighted by Crippen LogP contribution is -2.24. The molecule has 7 nitrogen and oxygen atoms in total. The maximum absolute atomic E-state index is 14.0. The number of fused-ring (bicyclic) bond motifs is 1. The molecule has 2 heterocycles. The fraction of sp³-hybridized carbons (Fsp3) is 0.364. The molecule has 1 aromatic heterocycles. The van der Waals surface area contributed by atoms with E-state index in [4.69, 9.17) is 26.6 Å². The number of nitrogens with one attached hydrogen (secondary N) is 1. The smallest absolute Gasteiger partial charge is 0.146 e. The number of hydrogen-bond acceptors (Lipinski definition) is 8. The van der Waals surface area contributed by atoms with Crippen molar-refractivity contribution < 1.29 is 18.6 Å². The molecule has 31 heavy (non-hydrogen) atoms. The topological polar surface area (TPSA) is 77.9 Å². The van der Waals surface area contributed by atoms with E-state index in [1.165, 1.54) is 18.5 Å². The van der Waals surface area contributed by atoms with Crippen molar-refractivity contribution in [1.82, 2.24) is 9.97 Å². The first-order valence-corrected chi connectivity index (χ1v) is 10.4. The minimum Gasteiger partial charge on any atom is -0.486 e. The molecule has 4 rings (SSSR count). The van der Waals surface area contributed by atoms with E-state index in [1.54, 1.807) is 12.1 Å². The van der Waals surface area contributed by atoms with Crippen LogP contribution < -0.4 is 10.1 Å². The lowest BCUT2D eigenvalue weighted by molar-refractivity contribution is 0.00175. The van der Waals surface area contributed by atoms with Crippen LogP contribution in [0, 0.1) is 12.7 Å². The van der Waals surface area contributed by atoms with Crippen LogP contribution in [0.4, 0.5) is 21.6 Å². The third-order valence-electron chi connectivity index (χ3n) is 5.00. The van der Waals surface area contributed by atoms with Crippen LogP contribution in [0.2, 0.25) is 0 Å². The highest BCUT2D eigenvalue weighted by atomic mass is 32.1. The number of rotatable bonds is 8. The van der Waals surface area contributed by atoms with Gasteiger partial charge in [0.2, 0.25) is 0 Å². The van der Waals surface area contributed by atoms with Gasteiger partial charge in [-0.15, -0.1) is 0 Å². The molecule has 1 aliphatic rings. The zero-order valence-electron chi connectivity index (χ0n) is 17.3. The molecule has 1 saturated heterocycles. The Hall–Kier alpha value is -2.75. The molecule has 1 aliphatic heterocycles. The average molecular weight is 443 g/mol. The molecule has 0 bridgehead atoms. The molecule has 162 valence electrons. The van der Waals surface area contributed by atoms with Gasteiger partial charge in [0.25, 0.3) is 0 Å². The number of aromatic nitrogens is 2. The summed E-state index contributed by atoms with van der Waals surface area (Å²) >= 11 is 4.80. The van der Waals surface area contributed by atoms with Crippen LogP contribution in [0.3, 0.4) is 0 Å². The Bertz CT molecular complexity index is 1090. The maximum atomic E-state index is 14.0. The van der Waals surface area contributed by atoms with Crippen LogP contribution in [-0.2, 0) is 21.9 Å². The molecule has 2 atom stereocenters. The number of anilines is 2. The van der Waals surface area contributed by atoms with Gasteiger partial charge in [0, 0.05) is 30.5 Å². The van der Waals surface area contributed by atoms with Gasteiger partial charge in [-0.25, -0.2) is 14.4 Å². The highest BCUT2D eigenvalue weighted by Crippen LogP contribution is 2.33. The Labute approximate surface area is 185 Å². The second-order valence-electron chi connectivity index (χ2n) is 7.48. The van der Waals surface area contributed by atoms with Crippen LogP contribution in [0.25, 0.3) is 10.9 Å². The first-order valence-electron chi connectivity index (χ1n) is 10.0. The Morgan fingerprint density at radius 2 is 2.19 bits per heavy atom. The van der Waals surface area contributed by atoms with Crippen LogP contribution in [0.15, 0.2) is 41.0 Å². The van der Waals surface area contributed by atoms with Gasteiger partial charge in [0.15, 0.2) is 0 Å². The molecule has 2 unspecified atom stereocenters. The highest BCUT2D eigenvalue weighted by molar-refractivity contribution is 7.47. The van der Waals surface area contributed by atoms with Crippen LogP contribution >= 0.6 is 0 Å². The van der Waals surface area contributed by atoms with Crippen molar-refractivity contribution in [2.75, 3.05) is 25.1 Å². The summed E-state index contributed by atoms with van der Waals surface area (Å²) in [6.07, 6.45) is 2.14. The van der Waals surface area contributed by atoms with Crippen molar-refractivity contribution in [2.24, 2.45) is 4.36 Å². The second-order valence-corrected chi connectivity index (χ2v) is 7.67. The quantitative estimate of drug-likeness (QED) is 0.539. The molecule has 0 spiro atoms. The van der Waals surface area contributed by atoms with Crippen LogP contribution in [0.5, 0.6) is 5.75 Å². The van der Waals surface area contributed by atoms with E-state index >= 15 is 0 Å². The number of nitrogens with zero attached hydrogens (tertiary/aromatic N) is 3. The summed E-state index contributed by atoms with van der Waals surface area (Å²) in [4.78, 5) is 8.71. The normalized spacial score (nSPS) is 16.9. The fourth-order valence-corrected chi connectivity index (χ4v) is 3.62. The van der Waals surface area contributed by atoms with Gasteiger partial charge < -0.3 is 19.5 Å². The van der Waals surface area contributed by atoms with Crippen molar-refractivity contribution >= 4 is 40.5 Å². The molecule has 0 aliphatic carbocycles. The lowest BCUT2D eigenvalue weighted by atomic mass is 10.1. The fourth-order valence-electron chi connectivity index (χ4n) is 3.51. The first kappa shape index (κ1) is 21.5. The number of benzene rings is 2. The zero-order valence-corrected chi connectivity index (χ0v) is 18.1. The van der Waals surface area contributed by atoms with E-state index in [9.17, 15) is 4.39 Å². The third kappa shape index (κ3) is 5.12. The minimum absolute atomic E-state index is 0.0817. The molecule has 1 N–H and O–H groups in total. The van der Waals surface area contributed by atoms with Gasteiger partial charge in [-0.3, -0.25) is 0 Å². The minimum atomic E-state index is -0.390. The Morgan fingerprint density at radius 1 is 1.32 bits per heavy atom. The van der Waals surface area contributed by atoms with Crippen molar-refractivity contribution in [3.05, 3.63) is 48.0 Å². The number of aryl methyl sites for hydroxylation is 1. The molecule has 3 aromatic rings. The van der Waals surface area contributed by atoms with E-state index in [0.717, 1.165) is 17.4 Å². The molecule has 1 fully saturated rings. The summed E-state index contributed by atoms with van der Waals surface area (Å²) in [6.45, 7) is 5.52. The summed E-state index contributed by atoms with van der Waals surface area (Å²) in [7, 11) is 0. The summed E-state index contributed by atoms with van der Waals surface area (Å²) < 4.78 is 34.9. The average Bonchev–Trinajstić information content (AvgIpc) is 3.27. The van der Waals surface area contributed by atoms with Crippen molar-refractivity contribution in [3.8, 4) is 5.75 Å². The van der Waals surface area contributed by atoms with Crippen molar-refractivity contribution in [1.29, 1.82) is 0 Å². The van der Waals surface area contributed by atoms with E-state index in [0.29, 0.717) is 48.3 Å². The SMILES string of the molecule is Cc1cc(N=S)cc2ncnc(Nc3ccc(F)cc3OC(C)COC3CCOC3)c12. The number of halogens is 1. The molecule has 9 heteroatoms. The molecule has 0 radical (unpaired) electrons. The second kappa shape index (κ2) is 9.59. The van der Waals surface area contributed by atoms with E-state index < -0.39 is 5.82 Å². The summed E-state index contributed by atoms with van der Waals surface area (Å²) in [5.41, 5.74) is 2.89. The van der Waals surface area contributed by atoms with Gasteiger partial charge in [0.05, 0.1) is 36.2 Å². The van der Waals surface area contributed by atoms with Gasteiger partial charge in [-0.1, -0.05) is 0 Å². The largest absolute Gasteiger partial charge is 0.486 e. The van der Waals surface area contributed by atoms with Gasteiger partial charge in [-0.05, 0) is 50.1 Å². The highest BCUT2D eigenvalue weighted by Gasteiger charge is 2.19. The monoisotopic (exact) mass is 442 g/mol. The number of hydrogen-bond donors (Lipinski definition) is 1. The molecule has 0 amide bonds. The summed E-state index contributed by atoms with van der Waals surface area (Å²) in [6, 6.07) is 8.02. The predicted octanol–water partition coefficient (Wildman–Crippen LogP) is 4.76. The van der Waals surface area contributed by atoms with Crippen LogP contribution in [0.1, 0.15) is 18.9 Å². The van der Waals surface area contributed by atoms with E-state index in [-0.39, 0.29) is 12.2 Å². The lowest BCUT2D eigenvalue weighted by Gasteiger charge is -2.20. The van der Waals surface area contributed by atoms with Crippen LogP contribution in [-0.4, -0.2) is 42.0 Å². The molecular formula is C22H23FN4O3S. The summed E-state index contributed by atoms with van der Waals surface area (Å²) in [5, 5.41) is 4.09. The molecule has 2 aromatic carbocycles. The zero-order chi connectivity index (χ0) is 21.8. The maximum Gasteiger partial charge on any atom is 0.146 e.